The second kappa shape index (κ2) is 5.02. The summed E-state index contributed by atoms with van der Waals surface area (Å²) in [6.07, 6.45) is 6.31. The number of unbranched alkanes of at least 4 members (excludes halogenated alkanes) is 1. The van der Waals surface area contributed by atoms with Gasteiger partial charge in [0.1, 0.15) is 11.9 Å². The van der Waals surface area contributed by atoms with Crippen molar-refractivity contribution < 1.29 is 5.11 Å². The molecule has 0 amide bonds. The van der Waals surface area contributed by atoms with Crippen molar-refractivity contribution in [2.45, 2.75) is 45.8 Å². The molecule has 13 heavy (non-hydrogen) atoms. The monoisotopic (exact) mass is 182 g/mol. The molecule has 1 atom stereocenters. The minimum absolute atomic E-state index is 0.410. The van der Waals surface area contributed by atoms with E-state index in [0.29, 0.717) is 0 Å². The van der Waals surface area contributed by atoms with Gasteiger partial charge in [0.25, 0.3) is 0 Å². The first-order valence-corrected chi connectivity index (χ1v) is 4.98. The van der Waals surface area contributed by atoms with Crippen LogP contribution in [0.15, 0.2) is 12.4 Å². The van der Waals surface area contributed by atoms with Gasteiger partial charge < -0.3 is 9.67 Å². The Balaban J connectivity index is 2.65. The first-order chi connectivity index (χ1) is 6.29. The molecule has 0 aliphatic carbocycles. The van der Waals surface area contributed by atoms with Crippen LogP contribution in [-0.2, 0) is 6.54 Å². The van der Waals surface area contributed by atoms with Crippen molar-refractivity contribution in [2.24, 2.45) is 0 Å². The Hall–Kier alpha value is -0.830. The molecule has 1 aromatic heterocycles. The van der Waals surface area contributed by atoms with Crippen LogP contribution >= 0.6 is 0 Å². The zero-order chi connectivity index (χ0) is 9.68. The largest absolute Gasteiger partial charge is 0.385 e. The van der Waals surface area contributed by atoms with Crippen molar-refractivity contribution in [2.75, 3.05) is 0 Å². The molecule has 74 valence electrons. The summed E-state index contributed by atoms with van der Waals surface area (Å²) in [5.74, 6) is 0.802. The molecule has 1 rings (SSSR count). The van der Waals surface area contributed by atoms with E-state index in [1.165, 1.54) is 6.42 Å². The number of aryl methyl sites for hydroxylation is 1. The highest BCUT2D eigenvalue weighted by Crippen LogP contribution is 2.14. The van der Waals surface area contributed by atoms with Gasteiger partial charge in [0.05, 0.1) is 0 Å². The molecule has 0 fully saturated rings. The molecule has 0 aliphatic rings. The molecule has 0 saturated heterocycles. The van der Waals surface area contributed by atoms with Crippen molar-refractivity contribution in [1.29, 1.82) is 0 Å². The fourth-order valence-corrected chi connectivity index (χ4v) is 1.32. The lowest BCUT2D eigenvalue weighted by Crippen LogP contribution is -2.07. The van der Waals surface area contributed by atoms with Gasteiger partial charge in [-0.15, -0.1) is 0 Å². The van der Waals surface area contributed by atoms with Gasteiger partial charge in [-0.2, -0.15) is 0 Å². The van der Waals surface area contributed by atoms with E-state index >= 15 is 0 Å². The van der Waals surface area contributed by atoms with E-state index in [2.05, 4.69) is 11.9 Å². The summed E-state index contributed by atoms with van der Waals surface area (Å²) in [7, 11) is 0. The highest BCUT2D eigenvalue weighted by atomic mass is 16.3. The number of aromatic nitrogens is 2. The summed E-state index contributed by atoms with van der Waals surface area (Å²) < 4.78 is 2.04. The van der Waals surface area contributed by atoms with Gasteiger partial charge in [0.2, 0.25) is 0 Å². The fourth-order valence-electron chi connectivity index (χ4n) is 1.32. The molecule has 1 aromatic rings. The number of hydrogen-bond donors (Lipinski definition) is 1. The first kappa shape index (κ1) is 10.3. The predicted molar refractivity (Wildman–Crippen MR) is 52.4 cm³/mol. The van der Waals surface area contributed by atoms with Crippen molar-refractivity contribution in [3.63, 3.8) is 0 Å². The number of hydrogen-bond acceptors (Lipinski definition) is 2. The van der Waals surface area contributed by atoms with Crippen molar-refractivity contribution in [3.05, 3.63) is 18.2 Å². The second-order valence-electron chi connectivity index (χ2n) is 3.26. The van der Waals surface area contributed by atoms with E-state index in [-0.39, 0.29) is 0 Å². The molecule has 3 nitrogen and oxygen atoms in total. The van der Waals surface area contributed by atoms with Gasteiger partial charge in [-0.1, -0.05) is 20.3 Å². The van der Waals surface area contributed by atoms with Gasteiger partial charge in [0, 0.05) is 18.9 Å². The fraction of sp³-hybridized carbons (Fsp3) is 0.700. The van der Waals surface area contributed by atoms with Crippen LogP contribution in [0, 0.1) is 0 Å². The lowest BCUT2D eigenvalue weighted by molar-refractivity contribution is 0.158. The topological polar surface area (TPSA) is 38.0 Å². The second-order valence-corrected chi connectivity index (χ2v) is 3.26. The maximum atomic E-state index is 9.61. The third-order valence-electron chi connectivity index (χ3n) is 2.18. The summed E-state index contributed by atoms with van der Waals surface area (Å²) in [5.41, 5.74) is 0. The predicted octanol–water partition coefficient (Wildman–Crippen LogP) is 2.13. The summed E-state index contributed by atoms with van der Waals surface area (Å²) in [6.45, 7) is 5.08. The average molecular weight is 182 g/mol. The Morgan fingerprint density at radius 2 is 2.31 bits per heavy atom. The van der Waals surface area contributed by atoms with Gasteiger partial charge in [-0.25, -0.2) is 4.98 Å². The average Bonchev–Trinajstić information content (AvgIpc) is 2.61. The van der Waals surface area contributed by atoms with Crippen LogP contribution in [0.1, 0.15) is 45.0 Å². The Bertz CT molecular complexity index is 245. The maximum Gasteiger partial charge on any atom is 0.137 e. The Morgan fingerprint density at radius 1 is 1.54 bits per heavy atom. The minimum atomic E-state index is -0.410. The number of aliphatic hydroxyl groups is 1. The van der Waals surface area contributed by atoms with Crippen LogP contribution in [-0.4, -0.2) is 14.7 Å². The van der Waals surface area contributed by atoms with Crippen LogP contribution in [0.5, 0.6) is 0 Å². The van der Waals surface area contributed by atoms with Crippen molar-refractivity contribution in [1.82, 2.24) is 9.55 Å². The molecule has 0 aliphatic heterocycles. The highest BCUT2D eigenvalue weighted by molar-refractivity contribution is 4.95. The molecule has 0 radical (unpaired) electrons. The Morgan fingerprint density at radius 3 is 2.92 bits per heavy atom. The van der Waals surface area contributed by atoms with E-state index in [0.717, 1.165) is 25.2 Å². The number of aliphatic hydroxyl groups excluding tert-OH is 1. The molecule has 0 saturated carbocycles. The Kier molecular flexibility index (Phi) is 3.96. The molecule has 0 bridgehead atoms. The van der Waals surface area contributed by atoms with E-state index in [9.17, 15) is 5.11 Å². The van der Waals surface area contributed by atoms with Crippen LogP contribution in [0.25, 0.3) is 0 Å². The SMILES string of the molecule is CCCCn1ccnc1C(O)CC. The third-order valence-corrected chi connectivity index (χ3v) is 2.18. The molecule has 1 N–H and O–H groups in total. The summed E-state index contributed by atoms with van der Waals surface area (Å²) in [5, 5.41) is 9.61. The number of nitrogens with zero attached hydrogens (tertiary/aromatic N) is 2. The smallest absolute Gasteiger partial charge is 0.137 e. The molecule has 1 unspecified atom stereocenters. The Labute approximate surface area is 79.4 Å². The van der Waals surface area contributed by atoms with E-state index in [1.54, 1.807) is 6.20 Å². The summed E-state index contributed by atoms with van der Waals surface area (Å²) in [6, 6.07) is 0. The standard InChI is InChI=1S/C10H18N2O/c1-3-5-7-12-8-6-11-10(12)9(13)4-2/h6,8-9,13H,3-5,7H2,1-2H3. The number of rotatable bonds is 5. The van der Waals surface area contributed by atoms with Crippen molar-refractivity contribution in [3.8, 4) is 0 Å². The lowest BCUT2D eigenvalue weighted by atomic mass is 10.2. The van der Waals surface area contributed by atoms with Gasteiger partial charge >= 0.3 is 0 Å². The van der Waals surface area contributed by atoms with Crippen LogP contribution < -0.4 is 0 Å². The van der Waals surface area contributed by atoms with Crippen LogP contribution in [0.4, 0.5) is 0 Å². The molecular formula is C10H18N2O. The molecular weight excluding hydrogens is 164 g/mol. The first-order valence-electron chi connectivity index (χ1n) is 4.98. The molecule has 0 aromatic carbocycles. The van der Waals surface area contributed by atoms with Gasteiger partial charge in [0.15, 0.2) is 0 Å². The van der Waals surface area contributed by atoms with E-state index < -0.39 is 6.10 Å². The highest BCUT2D eigenvalue weighted by Gasteiger charge is 2.10. The molecule has 0 spiro atoms. The van der Waals surface area contributed by atoms with Crippen molar-refractivity contribution >= 4 is 0 Å². The third kappa shape index (κ3) is 2.56. The zero-order valence-corrected chi connectivity index (χ0v) is 8.40. The summed E-state index contributed by atoms with van der Waals surface area (Å²) >= 11 is 0. The molecule has 1 heterocycles. The summed E-state index contributed by atoms with van der Waals surface area (Å²) in [4.78, 5) is 4.15. The molecule has 3 heteroatoms. The van der Waals surface area contributed by atoms with E-state index in [4.69, 9.17) is 0 Å². The van der Waals surface area contributed by atoms with Crippen LogP contribution in [0.2, 0.25) is 0 Å². The minimum Gasteiger partial charge on any atom is -0.385 e. The van der Waals surface area contributed by atoms with Gasteiger partial charge in [-0.05, 0) is 12.8 Å². The lowest BCUT2D eigenvalue weighted by Gasteiger charge is -2.10. The van der Waals surface area contributed by atoms with Gasteiger partial charge in [-0.3, -0.25) is 0 Å². The zero-order valence-electron chi connectivity index (χ0n) is 8.40. The maximum absolute atomic E-state index is 9.61. The quantitative estimate of drug-likeness (QED) is 0.757. The van der Waals surface area contributed by atoms with E-state index in [1.807, 2.05) is 17.7 Å². The normalized spacial score (nSPS) is 13.2. The number of imidazole rings is 1. The van der Waals surface area contributed by atoms with Crippen LogP contribution in [0.3, 0.4) is 0 Å².